The Bertz CT molecular complexity index is 1190. The lowest BCUT2D eigenvalue weighted by molar-refractivity contribution is -0.115. The zero-order chi connectivity index (χ0) is 21.3. The van der Waals surface area contributed by atoms with Gasteiger partial charge in [0.1, 0.15) is 5.76 Å². The number of rotatable bonds is 5. The second-order valence-electron chi connectivity index (χ2n) is 7.81. The number of carbonyl (C=O) groups excluding carboxylic acids is 1. The minimum atomic E-state index is -0.176. The smallest absolute Gasteiger partial charge is 0.230 e. The van der Waals surface area contributed by atoms with Crippen molar-refractivity contribution in [2.45, 2.75) is 32.6 Å². The van der Waals surface area contributed by atoms with Crippen LogP contribution in [-0.2, 0) is 16.6 Å². The van der Waals surface area contributed by atoms with Gasteiger partial charge in [-0.2, -0.15) is 9.97 Å². The van der Waals surface area contributed by atoms with Crippen molar-refractivity contribution in [3.63, 3.8) is 0 Å². The summed E-state index contributed by atoms with van der Waals surface area (Å²) in [6.45, 7) is 6.05. The Morgan fingerprint density at radius 2 is 1.97 bits per heavy atom. The van der Waals surface area contributed by atoms with Crippen molar-refractivity contribution in [1.29, 1.82) is 0 Å². The summed E-state index contributed by atoms with van der Waals surface area (Å²) >= 11 is 5.96. The SMILES string of the molecule is CC(C)(C)c1cc(NC(=O)Cc2ccc(Nc3nc(Cl)nc4[nH]cnc34)cc2)no1. The predicted molar refractivity (Wildman–Crippen MR) is 114 cm³/mol. The van der Waals surface area contributed by atoms with Crippen molar-refractivity contribution in [2.24, 2.45) is 0 Å². The normalized spacial score (nSPS) is 11.6. The number of amides is 1. The first-order valence-corrected chi connectivity index (χ1v) is 9.65. The first kappa shape index (κ1) is 19.8. The molecule has 0 aliphatic carbocycles. The molecule has 0 saturated carbocycles. The van der Waals surface area contributed by atoms with Crippen LogP contribution in [0, 0.1) is 0 Å². The maximum Gasteiger partial charge on any atom is 0.230 e. The average molecular weight is 426 g/mol. The first-order chi connectivity index (χ1) is 14.3. The number of nitrogens with one attached hydrogen (secondary N) is 3. The van der Waals surface area contributed by atoms with E-state index in [1.54, 1.807) is 6.07 Å². The molecular weight excluding hydrogens is 406 g/mol. The van der Waals surface area contributed by atoms with Crippen LogP contribution in [-0.4, -0.2) is 31.0 Å². The Kier molecular flexibility index (Phi) is 5.13. The summed E-state index contributed by atoms with van der Waals surface area (Å²) in [5.74, 6) is 1.44. The molecule has 10 heteroatoms. The van der Waals surface area contributed by atoms with Gasteiger partial charge < -0.3 is 20.1 Å². The van der Waals surface area contributed by atoms with Gasteiger partial charge in [-0.3, -0.25) is 4.79 Å². The highest BCUT2D eigenvalue weighted by atomic mass is 35.5. The van der Waals surface area contributed by atoms with Gasteiger partial charge in [0.25, 0.3) is 0 Å². The number of fused-ring (bicyclic) bond motifs is 1. The zero-order valence-electron chi connectivity index (χ0n) is 16.7. The van der Waals surface area contributed by atoms with Crippen LogP contribution >= 0.6 is 11.6 Å². The van der Waals surface area contributed by atoms with Crippen LogP contribution in [0.5, 0.6) is 0 Å². The molecular formula is C20H20ClN7O2. The van der Waals surface area contributed by atoms with Gasteiger partial charge in [0.05, 0.1) is 12.7 Å². The number of halogens is 1. The standard InChI is InChI=1S/C20H20ClN7O2/c1-20(2,3)13-9-14(28-30-13)25-15(29)8-11-4-6-12(7-5-11)24-18-16-17(23-10-22-16)26-19(21)27-18/h4-7,9-10H,8H2,1-3H3,(H,25,28,29)(H2,22,23,24,26,27). The van der Waals surface area contributed by atoms with E-state index in [-0.39, 0.29) is 23.0 Å². The molecule has 154 valence electrons. The van der Waals surface area contributed by atoms with Crippen LogP contribution < -0.4 is 10.6 Å². The Morgan fingerprint density at radius 3 is 2.67 bits per heavy atom. The number of hydrogen-bond acceptors (Lipinski definition) is 7. The van der Waals surface area contributed by atoms with E-state index in [0.717, 1.165) is 11.3 Å². The maximum absolute atomic E-state index is 12.3. The Labute approximate surface area is 177 Å². The predicted octanol–water partition coefficient (Wildman–Crippen LogP) is 4.22. The maximum atomic E-state index is 12.3. The lowest BCUT2D eigenvalue weighted by atomic mass is 9.93. The quantitative estimate of drug-likeness (QED) is 0.409. The molecule has 30 heavy (non-hydrogen) atoms. The third kappa shape index (κ3) is 4.41. The van der Waals surface area contributed by atoms with E-state index in [2.05, 4.69) is 35.7 Å². The molecule has 1 amide bonds. The van der Waals surface area contributed by atoms with E-state index in [4.69, 9.17) is 16.1 Å². The molecule has 1 aromatic carbocycles. The number of anilines is 3. The van der Waals surface area contributed by atoms with E-state index < -0.39 is 0 Å². The van der Waals surface area contributed by atoms with Gasteiger partial charge in [-0.05, 0) is 29.3 Å². The fraction of sp³-hybridized carbons (Fsp3) is 0.250. The second kappa shape index (κ2) is 7.75. The largest absolute Gasteiger partial charge is 0.359 e. The van der Waals surface area contributed by atoms with Gasteiger partial charge in [-0.15, -0.1) is 0 Å². The summed E-state index contributed by atoms with van der Waals surface area (Å²) in [6, 6.07) is 9.16. The summed E-state index contributed by atoms with van der Waals surface area (Å²) in [4.78, 5) is 27.7. The summed E-state index contributed by atoms with van der Waals surface area (Å²) in [5, 5.41) is 9.95. The molecule has 3 N–H and O–H groups in total. The molecule has 9 nitrogen and oxygen atoms in total. The van der Waals surface area contributed by atoms with Crippen molar-refractivity contribution < 1.29 is 9.32 Å². The molecule has 0 fully saturated rings. The highest BCUT2D eigenvalue weighted by Crippen LogP contribution is 2.25. The number of nitrogens with zero attached hydrogens (tertiary/aromatic N) is 4. The van der Waals surface area contributed by atoms with Crippen molar-refractivity contribution in [1.82, 2.24) is 25.1 Å². The third-order valence-corrected chi connectivity index (χ3v) is 4.52. The molecule has 0 atom stereocenters. The second-order valence-corrected chi connectivity index (χ2v) is 8.15. The Hall–Kier alpha value is -3.46. The zero-order valence-corrected chi connectivity index (χ0v) is 17.4. The average Bonchev–Trinajstić information content (AvgIpc) is 3.32. The fourth-order valence-corrected chi connectivity index (χ4v) is 2.97. The van der Waals surface area contributed by atoms with Crippen molar-refractivity contribution in [3.05, 3.63) is 53.3 Å². The fourth-order valence-electron chi connectivity index (χ4n) is 2.80. The summed E-state index contributed by atoms with van der Waals surface area (Å²) < 4.78 is 5.29. The van der Waals surface area contributed by atoms with E-state index in [1.165, 1.54) is 6.33 Å². The number of aromatic amines is 1. The molecule has 0 spiro atoms. The molecule has 0 radical (unpaired) electrons. The van der Waals surface area contributed by atoms with E-state index >= 15 is 0 Å². The summed E-state index contributed by atoms with van der Waals surface area (Å²) in [5.41, 5.74) is 2.60. The van der Waals surface area contributed by atoms with Crippen LogP contribution in [0.15, 0.2) is 41.2 Å². The minimum absolute atomic E-state index is 0.116. The molecule has 4 aromatic rings. The van der Waals surface area contributed by atoms with Crippen molar-refractivity contribution in [2.75, 3.05) is 10.6 Å². The highest BCUT2D eigenvalue weighted by Gasteiger charge is 2.20. The lowest BCUT2D eigenvalue weighted by Crippen LogP contribution is -2.14. The number of H-pyrrole nitrogens is 1. The molecule has 0 aliphatic rings. The van der Waals surface area contributed by atoms with Crippen LogP contribution in [0.25, 0.3) is 11.2 Å². The monoisotopic (exact) mass is 425 g/mol. The summed E-state index contributed by atoms with van der Waals surface area (Å²) in [7, 11) is 0. The lowest BCUT2D eigenvalue weighted by Gasteiger charge is -2.12. The highest BCUT2D eigenvalue weighted by molar-refractivity contribution is 6.28. The van der Waals surface area contributed by atoms with Crippen LogP contribution in [0.2, 0.25) is 5.28 Å². The minimum Gasteiger partial charge on any atom is -0.359 e. The topological polar surface area (TPSA) is 122 Å². The number of benzene rings is 1. The van der Waals surface area contributed by atoms with Gasteiger partial charge in [-0.1, -0.05) is 38.1 Å². The molecule has 0 unspecified atom stereocenters. The van der Waals surface area contributed by atoms with Gasteiger partial charge in [0, 0.05) is 17.2 Å². The molecule has 3 heterocycles. The van der Waals surface area contributed by atoms with E-state index in [9.17, 15) is 4.79 Å². The van der Waals surface area contributed by atoms with Crippen LogP contribution in [0.3, 0.4) is 0 Å². The van der Waals surface area contributed by atoms with Gasteiger partial charge >= 0.3 is 0 Å². The van der Waals surface area contributed by atoms with E-state index in [0.29, 0.717) is 28.6 Å². The molecule has 0 bridgehead atoms. The number of hydrogen-bond donors (Lipinski definition) is 3. The van der Waals surface area contributed by atoms with Crippen LogP contribution in [0.1, 0.15) is 32.1 Å². The molecule has 0 aliphatic heterocycles. The molecule has 3 aromatic heterocycles. The van der Waals surface area contributed by atoms with Gasteiger partial charge in [0.2, 0.25) is 11.2 Å². The van der Waals surface area contributed by atoms with Gasteiger partial charge in [-0.25, -0.2) is 4.98 Å². The number of carbonyl (C=O) groups is 1. The van der Waals surface area contributed by atoms with Crippen LogP contribution in [0.4, 0.5) is 17.3 Å². The van der Waals surface area contributed by atoms with Crippen molar-refractivity contribution >= 4 is 46.0 Å². The third-order valence-electron chi connectivity index (χ3n) is 4.35. The Balaban J connectivity index is 1.40. The van der Waals surface area contributed by atoms with E-state index in [1.807, 2.05) is 45.0 Å². The number of imidazole rings is 1. The molecule has 4 rings (SSSR count). The summed E-state index contributed by atoms with van der Waals surface area (Å²) in [6.07, 6.45) is 1.74. The number of aromatic nitrogens is 5. The van der Waals surface area contributed by atoms with Crippen molar-refractivity contribution in [3.8, 4) is 0 Å². The molecule has 0 saturated heterocycles. The first-order valence-electron chi connectivity index (χ1n) is 9.27. The van der Waals surface area contributed by atoms with Gasteiger partial charge in [0.15, 0.2) is 22.8 Å². The Morgan fingerprint density at radius 1 is 1.20 bits per heavy atom.